The van der Waals surface area contributed by atoms with Crippen molar-refractivity contribution in [3.8, 4) is 5.75 Å². The number of phosphoric acid groups is 1. The number of methoxy groups -OCH3 is 1. The number of carbonyl (C=O) groups excluding carboxylic acids is 1. The number of ether oxygens (including phenoxy) is 2. The van der Waals surface area contributed by atoms with Crippen molar-refractivity contribution in [1.82, 2.24) is 9.55 Å². The van der Waals surface area contributed by atoms with E-state index < -0.39 is 53.8 Å². The highest BCUT2D eigenvalue weighted by atomic mass is 32.2. The number of carbonyl (C=O) groups is 1. The first-order valence-corrected chi connectivity index (χ1v) is 18.7. The van der Waals surface area contributed by atoms with E-state index in [9.17, 15) is 14.2 Å². The second kappa shape index (κ2) is 15.5. The Hall–Kier alpha value is -4.00. The Morgan fingerprint density at radius 1 is 1.06 bits per heavy atom. The Labute approximate surface area is 294 Å². The van der Waals surface area contributed by atoms with E-state index >= 15 is 4.39 Å². The molecule has 2 aliphatic rings. The molecule has 0 amide bonds. The number of esters is 1. The summed E-state index contributed by atoms with van der Waals surface area (Å²) in [5, 5.41) is 2.01. The van der Waals surface area contributed by atoms with Gasteiger partial charge in [-0.2, -0.15) is 4.98 Å². The summed E-state index contributed by atoms with van der Waals surface area (Å²) in [5.41, 5.74) is 1.04. The molecule has 1 N–H and O–H groups in total. The molecule has 0 radical (unpaired) electrons. The minimum absolute atomic E-state index is 0.0999. The molecule has 0 aliphatic carbocycles. The molecule has 14 heteroatoms. The first-order chi connectivity index (χ1) is 24.2. The number of hydrogen-bond acceptors (Lipinski definition) is 11. The zero-order valence-corrected chi connectivity index (χ0v) is 29.6. The second-order valence-corrected chi connectivity index (χ2v) is 14.9. The van der Waals surface area contributed by atoms with Crippen molar-refractivity contribution in [2.24, 2.45) is 5.92 Å². The van der Waals surface area contributed by atoms with Gasteiger partial charge in [0.05, 0.1) is 38.1 Å². The maximum absolute atomic E-state index is 16.0. The molecule has 6 atom stereocenters. The molecule has 50 heavy (non-hydrogen) atoms. The lowest BCUT2D eigenvalue weighted by Gasteiger charge is -2.37. The van der Waals surface area contributed by atoms with E-state index in [1.807, 2.05) is 84.9 Å². The van der Waals surface area contributed by atoms with E-state index in [2.05, 4.69) is 10.3 Å². The van der Waals surface area contributed by atoms with Gasteiger partial charge in [-0.05, 0) is 48.2 Å². The molecule has 2 fully saturated rings. The topological polar surface area (TPSA) is 127 Å². The fraction of sp³-hybridized carbons (Fsp3) is 0.361. The predicted octanol–water partition coefficient (Wildman–Crippen LogP) is 6.74. The van der Waals surface area contributed by atoms with Crippen molar-refractivity contribution in [3.63, 3.8) is 0 Å². The molecule has 6 rings (SSSR count). The van der Waals surface area contributed by atoms with Crippen LogP contribution in [0, 0.1) is 5.92 Å². The van der Waals surface area contributed by atoms with Crippen molar-refractivity contribution in [3.05, 3.63) is 124 Å². The monoisotopic (exact) mass is 723 g/mol. The molecule has 0 bridgehead atoms. The molecule has 11 nitrogen and oxygen atoms in total. The van der Waals surface area contributed by atoms with Crippen LogP contribution in [0.25, 0.3) is 0 Å². The molecule has 0 spiro atoms. The second-order valence-electron chi connectivity index (χ2n) is 11.9. The van der Waals surface area contributed by atoms with E-state index in [0.29, 0.717) is 5.75 Å². The highest BCUT2D eigenvalue weighted by Gasteiger charge is 2.54. The summed E-state index contributed by atoms with van der Waals surface area (Å²) in [6.45, 7) is 3.42. The molecule has 0 saturated carbocycles. The molecule has 3 aromatic carbocycles. The predicted molar refractivity (Wildman–Crippen MR) is 188 cm³/mol. The first kappa shape index (κ1) is 35.8. The van der Waals surface area contributed by atoms with Crippen molar-refractivity contribution >= 4 is 31.4 Å². The number of aromatic nitrogens is 2. The standard InChI is InChI=1S/C36H39FN3O8PS/c1-4-45-34(41)24(2)20-22-46-49(43)47-23-29-32(48-49)31(37)33(50-29)40-21-19-30(38-35(40)42)39-36(25-11-7-5-8-12-25,26-13-9-6-10-14-26)27-15-17-28(44-3)18-16-27/h5-19,21,24,29,31-33H,4,20,22-23H2,1-3H3,(H,38,39,42)/t24-,29-,31+,32?,33-,49?/m1/s1. The van der Waals surface area contributed by atoms with E-state index in [1.165, 1.54) is 10.8 Å². The SMILES string of the molecule is CCOC(=O)[C@H](C)CCOP1(=O)OC[C@H]2S[C@@H](n3ccc(NC(c4ccccc4)(c4ccccc4)c4ccc(OC)cc4)nc3=O)[C@@H](F)C2O1. The molecule has 3 heterocycles. The van der Waals surface area contributed by atoms with Crippen LogP contribution in [0.15, 0.2) is 102 Å². The largest absolute Gasteiger partial charge is 0.497 e. The van der Waals surface area contributed by atoms with Gasteiger partial charge in [0, 0.05) is 6.20 Å². The number of alkyl halides is 1. The van der Waals surface area contributed by atoms with E-state index in [0.717, 1.165) is 28.5 Å². The number of hydrogen-bond donors (Lipinski definition) is 1. The first-order valence-electron chi connectivity index (χ1n) is 16.3. The quantitative estimate of drug-likeness (QED) is 0.0896. The van der Waals surface area contributed by atoms with Gasteiger partial charge in [-0.25, -0.2) is 13.8 Å². The van der Waals surface area contributed by atoms with Crippen molar-refractivity contribution in [2.75, 3.05) is 32.2 Å². The lowest BCUT2D eigenvalue weighted by molar-refractivity contribution is -0.147. The van der Waals surface area contributed by atoms with Crippen LogP contribution in [-0.4, -0.2) is 60.0 Å². The number of nitrogens with zero attached hydrogens (tertiary/aromatic N) is 2. The summed E-state index contributed by atoms with van der Waals surface area (Å²) in [6.07, 6.45) is -1.14. The van der Waals surface area contributed by atoms with Gasteiger partial charge >= 0.3 is 19.5 Å². The van der Waals surface area contributed by atoms with Gasteiger partial charge in [-0.15, -0.1) is 11.8 Å². The van der Waals surface area contributed by atoms with Crippen LogP contribution in [0.4, 0.5) is 10.2 Å². The van der Waals surface area contributed by atoms with E-state index in [1.54, 1.807) is 27.0 Å². The molecule has 1 aromatic heterocycles. The third kappa shape index (κ3) is 7.38. The summed E-state index contributed by atoms with van der Waals surface area (Å²) in [4.78, 5) is 29.9. The van der Waals surface area contributed by atoms with Gasteiger partial charge in [0.1, 0.15) is 28.6 Å². The molecule has 4 aromatic rings. The zero-order valence-electron chi connectivity index (χ0n) is 27.8. The molecular formula is C36H39FN3O8PS. The number of halogens is 1. The third-order valence-corrected chi connectivity index (χ3v) is 11.7. The fourth-order valence-electron chi connectivity index (χ4n) is 6.14. The number of thioether (sulfide) groups is 1. The summed E-state index contributed by atoms with van der Waals surface area (Å²) < 4.78 is 57.3. The van der Waals surface area contributed by atoms with Crippen molar-refractivity contribution in [2.45, 2.75) is 48.7 Å². The molecular weight excluding hydrogens is 684 g/mol. The number of rotatable bonds is 13. The van der Waals surface area contributed by atoms with Gasteiger partial charge < -0.3 is 14.8 Å². The minimum atomic E-state index is -4.10. The molecule has 264 valence electrons. The number of benzene rings is 3. The van der Waals surface area contributed by atoms with E-state index in [4.69, 9.17) is 23.0 Å². The lowest BCUT2D eigenvalue weighted by Crippen LogP contribution is -2.40. The maximum atomic E-state index is 16.0. The van der Waals surface area contributed by atoms with Crippen LogP contribution < -0.4 is 15.7 Å². The minimum Gasteiger partial charge on any atom is -0.497 e. The average molecular weight is 724 g/mol. The van der Waals surface area contributed by atoms with Crippen LogP contribution in [0.1, 0.15) is 42.3 Å². The van der Waals surface area contributed by atoms with Crippen molar-refractivity contribution in [1.29, 1.82) is 0 Å². The Balaban J connectivity index is 1.24. The highest BCUT2D eigenvalue weighted by molar-refractivity contribution is 8.00. The van der Waals surface area contributed by atoms with Gasteiger partial charge in [-0.3, -0.25) is 22.9 Å². The van der Waals surface area contributed by atoms with Crippen LogP contribution in [0.5, 0.6) is 5.75 Å². The fourth-order valence-corrected chi connectivity index (χ4v) is 9.21. The number of phosphoric ester groups is 1. The third-order valence-electron chi connectivity index (χ3n) is 8.76. The summed E-state index contributed by atoms with van der Waals surface area (Å²) in [7, 11) is -2.50. The van der Waals surface area contributed by atoms with Gasteiger partial charge in [-0.1, -0.05) is 79.7 Å². The molecule has 2 saturated heterocycles. The Morgan fingerprint density at radius 2 is 1.70 bits per heavy atom. The zero-order chi connectivity index (χ0) is 35.3. The van der Waals surface area contributed by atoms with Crippen LogP contribution in [0.3, 0.4) is 0 Å². The average Bonchev–Trinajstić information content (AvgIpc) is 3.45. The Bertz CT molecular complexity index is 1830. The normalized spacial score (nSPS) is 23.8. The van der Waals surface area contributed by atoms with Crippen molar-refractivity contribution < 1.29 is 36.8 Å². The summed E-state index contributed by atoms with van der Waals surface area (Å²) in [5.74, 6) is 0.0875. The highest BCUT2D eigenvalue weighted by Crippen LogP contribution is 2.60. The van der Waals surface area contributed by atoms with E-state index in [-0.39, 0.29) is 32.1 Å². The Kier molecular flexibility index (Phi) is 11.1. The van der Waals surface area contributed by atoms with Gasteiger partial charge in [0.25, 0.3) is 0 Å². The summed E-state index contributed by atoms with van der Waals surface area (Å²) >= 11 is 1.15. The lowest BCUT2D eigenvalue weighted by atomic mass is 9.77. The summed E-state index contributed by atoms with van der Waals surface area (Å²) in [6, 6.07) is 29.0. The maximum Gasteiger partial charge on any atom is 0.475 e. The number of nitrogens with one attached hydrogen (secondary N) is 1. The number of anilines is 1. The van der Waals surface area contributed by atoms with Crippen LogP contribution in [-0.2, 0) is 33.2 Å². The Morgan fingerprint density at radius 3 is 2.30 bits per heavy atom. The smallest absolute Gasteiger partial charge is 0.475 e. The van der Waals surface area contributed by atoms with Gasteiger partial charge in [0.15, 0.2) is 6.17 Å². The van der Waals surface area contributed by atoms with Gasteiger partial charge in [0.2, 0.25) is 0 Å². The van der Waals surface area contributed by atoms with Crippen LogP contribution >= 0.6 is 19.6 Å². The number of fused-ring (bicyclic) bond motifs is 1. The molecule has 2 unspecified atom stereocenters. The van der Waals surface area contributed by atoms with Crippen LogP contribution in [0.2, 0.25) is 0 Å². The molecule has 2 aliphatic heterocycles.